The highest BCUT2D eigenvalue weighted by atomic mass is 32.1. The lowest BCUT2D eigenvalue weighted by molar-refractivity contribution is 0.687. The second-order valence-corrected chi connectivity index (χ2v) is 7.26. The Morgan fingerprint density at radius 1 is 0.889 bits per heavy atom. The standard InChI is InChI=1S/C21H15N5S/c1-2-7-20-18(6-1)24-21(27-20)14-26-11-8-17(25-26)15-4-3-5-16(12-15)19-13-22-9-10-23-19/h1-13H,14H2. The quantitative estimate of drug-likeness (QED) is 0.462. The van der Waals surface area contributed by atoms with Crippen LogP contribution in [-0.2, 0) is 6.54 Å². The molecular formula is C21H15N5S. The molecule has 3 heterocycles. The van der Waals surface area contributed by atoms with Crippen LogP contribution >= 0.6 is 11.3 Å². The van der Waals surface area contributed by atoms with Crippen LogP contribution in [0.3, 0.4) is 0 Å². The molecule has 2 aromatic carbocycles. The van der Waals surface area contributed by atoms with E-state index < -0.39 is 0 Å². The zero-order chi connectivity index (χ0) is 18.1. The number of rotatable bonds is 4. The van der Waals surface area contributed by atoms with Gasteiger partial charge in [-0.1, -0.05) is 30.3 Å². The smallest absolute Gasteiger partial charge is 0.115 e. The van der Waals surface area contributed by atoms with Crippen LogP contribution in [0, 0.1) is 0 Å². The van der Waals surface area contributed by atoms with Crippen molar-refractivity contribution in [2.75, 3.05) is 0 Å². The maximum absolute atomic E-state index is 4.73. The second kappa shape index (κ2) is 6.74. The molecule has 0 aliphatic rings. The Kier molecular flexibility index (Phi) is 3.95. The zero-order valence-electron chi connectivity index (χ0n) is 14.4. The van der Waals surface area contributed by atoms with Gasteiger partial charge in [-0.05, 0) is 24.3 Å². The molecule has 0 fully saturated rings. The lowest BCUT2D eigenvalue weighted by Crippen LogP contribution is -1.99. The third kappa shape index (κ3) is 3.22. The highest BCUT2D eigenvalue weighted by molar-refractivity contribution is 7.18. The van der Waals surface area contributed by atoms with Crippen molar-refractivity contribution < 1.29 is 0 Å². The fourth-order valence-corrected chi connectivity index (χ4v) is 3.98. The maximum Gasteiger partial charge on any atom is 0.115 e. The fourth-order valence-electron chi connectivity index (χ4n) is 3.02. The molecule has 0 spiro atoms. The SMILES string of the molecule is c1cc(-c2cnccn2)cc(-c2ccn(Cc3nc4ccccc4s3)n2)c1. The molecule has 5 rings (SSSR count). The van der Waals surface area contributed by atoms with Gasteiger partial charge in [0.1, 0.15) is 5.01 Å². The Bertz CT molecular complexity index is 1180. The van der Waals surface area contributed by atoms with Gasteiger partial charge in [-0.25, -0.2) is 4.98 Å². The van der Waals surface area contributed by atoms with Crippen LogP contribution in [0.5, 0.6) is 0 Å². The van der Waals surface area contributed by atoms with Gasteiger partial charge in [0.15, 0.2) is 0 Å². The normalized spacial score (nSPS) is 11.1. The largest absolute Gasteiger partial charge is 0.265 e. The molecule has 5 aromatic rings. The van der Waals surface area contributed by atoms with Crippen LogP contribution in [0.15, 0.2) is 79.4 Å². The van der Waals surface area contributed by atoms with Gasteiger partial charge in [-0.15, -0.1) is 11.3 Å². The van der Waals surface area contributed by atoms with Gasteiger partial charge in [-0.3, -0.25) is 14.6 Å². The molecule has 0 atom stereocenters. The molecule has 0 bridgehead atoms. The summed E-state index contributed by atoms with van der Waals surface area (Å²) in [5.74, 6) is 0. The first kappa shape index (κ1) is 15.8. The molecule has 0 N–H and O–H groups in total. The van der Waals surface area contributed by atoms with E-state index in [4.69, 9.17) is 5.10 Å². The highest BCUT2D eigenvalue weighted by Crippen LogP contribution is 2.25. The average Bonchev–Trinajstić information content (AvgIpc) is 3.35. The summed E-state index contributed by atoms with van der Waals surface area (Å²) in [6, 6.07) is 18.4. The summed E-state index contributed by atoms with van der Waals surface area (Å²) in [7, 11) is 0. The summed E-state index contributed by atoms with van der Waals surface area (Å²) in [5, 5.41) is 5.78. The molecule has 0 radical (unpaired) electrons. The van der Waals surface area contributed by atoms with Crippen molar-refractivity contribution in [2.24, 2.45) is 0 Å². The van der Waals surface area contributed by atoms with Gasteiger partial charge in [-0.2, -0.15) is 5.10 Å². The number of fused-ring (bicyclic) bond motifs is 1. The van der Waals surface area contributed by atoms with Crippen molar-refractivity contribution in [3.8, 4) is 22.5 Å². The van der Waals surface area contributed by atoms with E-state index in [0.717, 1.165) is 33.0 Å². The Hall–Kier alpha value is -3.38. The maximum atomic E-state index is 4.73. The summed E-state index contributed by atoms with van der Waals surface area (Å²) in [6.07, 6.45) is 7.15. The third-order valence-corrected chi connectivity index (χ3v) is 5.31. The number of nitrogens with zero attached hydrogens (tertiary/aromatic N) is 5. The van der Waals surface area contributed by atoms with E-state index >= 15 is 0 Å². The van der Waals surface area contributed by atoms with E-state index in [1.165, 1.54) is 4.70 Å². The minimum atomic E-state index is 0.670. The van der Waals surface area contributed by atoms with E-state index in [2.05, 4.69) is 33.2 Å². The molecule has 0 saturated heterocycles. The van der Waals surface area contributed by atoms with Crippen LogP contribution in [-0.4, -0.2) is 24.7 Å². The molecule has 130 valence electrons. The predicted molar refractivity (Wildman–Crippen MR) is 107 cm³/mol. The Morgan fingerprint density at radius 2 is 1.78 bits per heavy atom. The number of benzene rings is 2. The second-order valence-electron chi connectivity index (χ2n) is 6.15. The summed E-state index contributed by atoms with van der Waals surface area (Å²) in [6.45, 7) is 0.670. The summed E-state index contributed by atoms with van der Waals surface area (Å²) in [4.78, 5) is 13.2. The van der Waals surface area contributed by atoms with Gasteiger partial charge >= 0.3 is 0 Å². The van der Waals surface area contributed by atoms with Crippen LogP contribution in [0.2, 0.25) is 0 Å². The van der Waals surface area contributed by atoms with Crippen molar-refractivity contribution in [1.82, 2.24) is 24.7 Å². The number of para-hydroxylation sites is 1. The van der Waals surface area contributed by atoms with E-state index in [9.17, 15) is 0 Å². The van der Waals surface area contributed by atoms with Gasteiger partial charge in [0, 0.05) is 29.7 Å². The molecule has 0 amide bonds. The van der Waals surface area contributed by atoms with Crippen molar-refractivity contribution in [1.29, 1.82) is 0 Å². The number of hydrogen-bond donors (Lipinski definition) is 0. The fraction of sp³-hybridized carbons (Fsp3) is 0.0476. The first-order valence-electron chi connectivity index (χ1n) is 8.60. The van der Waals surface area contributed by atoms with Gasteiger partial charge in [0.05, 0.1) is 34.3 Å². The average molecular weight is 369 g/mol. The molecule has 6 heteroatoms. The summed E-state index contributed by atoms with van der Waals surface area (Å²) in [5.41, 5.74) is 4.92. The number of aromatic nitrogens is 5. The third-order valence-electron chi connectivity index (χ3n) is 4.29. The molecule has 0 unspecified atom stereocenters. The highest BCUT2D eigenvalue weighted by Gasteiger charge is 2.08. The molecule has 0 aliphatic carbocycles. The molecule has 5 nitrogen and oxygen atoms in total. The number of hydrogen-bond acceptors (Lipinski definition) is 5. The minimum absolute atomic E-state index is 0.670. The van der Waals surface area contributed by atoms with Crippen molar-refractivity contribution in [3.63, 3.8) is 0 Å². The van der Waals surface area contributed by atoms with Crippen LogP contribution in [0.4, 0.5) is 0 Å². The van der Waals surface area contributed by atoms with E-state index in [1.54, 1.807) is 29.9 Å². The van der Waals surface area contributed by atoms with Crippen LogP contribution < -0.4 is 0 Å². The van der Waals surface area contributed by atoms with Gasteiger partial charge in [0.25, 0.3) is 0 Å². The minimum Gasteiger partial charge on any atom is -0.265 e. The predicted octanol–water partition coefficient (Wildman–Crippen LogP) is 4.67. The van der Waals surface area contributed by atoms with Gasteiger partial charge < -0.3 is 0 Å². The first-order valence-corrected chi connectivity index (χ1v) is 9.41. The first-order chi connectivity index (χ1) is 13.3. The molecule has 0 aliphatic heterocycles. The zero-order valence-corrected chi connectivity index (χ0v) is 15.2. The monoisotopic (exact) mass is 369 g/mol. The van der Waals surface area contributed by atoms with Crippen molar-refractivity contribution in [3.05, 3.63) is 84.4 Å². The van der Waals surface area contributed by atoms with E-state index in [1.807, 2.05) is 47.3 Å². The van der Waals surface area contributed by atoms with Crippen LogP contribution in [0.1, 0.15) is 5.01 Å². The van der Waals surface area contributed by atoms with Crippen molar-refractivity contribution in [2.45, 2.75) is 6.54 Å². The van der Waals surface area contributed by atoms with Crippen LogP contribution in [0.25, 0.3) is 32.7 Å². The Balaban J connectivity index is 1.42. The Morgan fingerprint density at radius 3 is 2.63 bits per heavy atom. The lowest BCUT2D eigenvalue weighted by atomic mass is 10.1. The van der Waals surface area contributed by atoms with Crippen molar-refractivity contribution >= 4 is 21.6 Å². The lowest BCUT2D eigenvalue weighted by Gasteiger charge is -2.03. The van der Waals surface area contributed by atoms with E-state index in [-0.39, 0.29) is 0 Å². The van der Waals surface area contributed by atoms with E-state index in [0.29, 0.717) is 6.54 Å². The molecular weight excluding hydrogens is 354 g/mol. The number of thiazole rings is 1. The summed E-state index contributed by atoms with van der Waals surface area (Å²) < 4.78 is 3.14. The Labute approximate surface area is 160 Å². The molecule has 3 aromatic heterocycles. The van der Waals surface area contributed by atoms with Gasteiger partial charge in [0.2, 0.25) is 0 Å². The molecule has 0 saturated carbocycles. The molecule has 27 heavy (non-hydrogen) atoms. The topological polar surface area (TPSA) is 56.5 Å². The summed E-state index contributed by atoms with van der Waals surface area (Å²) >= 11 is 1.71.